The lowest BCUT2D eigenvalue weighted by atomic mass is 10.2. The first kappa shape index (κ1) is 22.0. The molecule has 4 rings (SSSR count). The van der Waals surface area contributed by atoms with Crippen molar-refractivity contribution in [1.29, 1.82) is 0 Å². The number of rotatable bonds is 7. The van der Waals surface area contributed by atoms with Gasteiger partial charge in [-0.3, -0.25) is 19.8 Å². The number of amides is 1. The first-order valence-corrected chi connectivity index (χ1v) is 10.6. The zero-order valence-electron chi connectivity index (χ0n) is 17.5. The molecule has 1 saturated heterocycles. The van der Waals surface area contributed by atoms with Gasteiger partial charge in [-0.1, -0.05) is 12.1 Å². The number of hydrogen-bond acceptors (Lipinski definition) is 8. The van der Waals surface area contributed by atoms with Gasteiger partial charge in [-0.25, -0.2) is 0 Å². The molecule has 0 atom stereocenters. The molecule has 33 heavy (non-hydrogen) atoms. The number of nitro groups is 1. The van der Waals surface area contributed by atoms with Crippen LogP contribution in [0.3, 0.4) is 0 Å². The molecular formula is C23H18N4O5S. The minimum Gasteiger partial charge on any atom is -0.497 e. The highest BCUT2D eigenvalue weighted by atomic mass is 32.2. The van der Waals surface area contributed by atoms with E-state index in [0.717, 1.165) is 11.3 Å². The molecule has 0 spiro atoms. The molecule has 1 aliphatic rings. The van der Waals surface area contributed by atoms with Gasteiger partial charge in [0, 0.05) is 12.1 Å². The summed E-state index contributed by atoms with van der Waals surface area (Å²) in [5, 5.41) is 19.5. The number of nitro benzene ring substituents is 1. The van der Waals surface area contributed by atoms with E-state index in [9.17, 15) is 14.9 Å². The maximum absolute atomic E-state index is 13.1. The van der Waals surface area contributed by atoms with Crippen molar-refractivity contribution in [3.05, 3.63) is 98.8 Å². The van der Waals surface area contributed by atoms with Crippen LogP contribution in [0.2, 0.25) is 0 Å². The van der Waals surface area contributed by atoms with Crippen LogP contribution in [0.4, 0.5) is 5.69 Å². The van der Waals surface area contributed by atoms with Crippen LogP contribution in [-0.4, -0.2) is 34.2 Å². The lowest BCUT2D eigenvalue weighted by Crippen LogP contribution is -2.28. The number of carbonyl (C=O) groups excluding carboxylic acids is 1. The van der Waals surface area contributed by atoms with Crippen molar-refractivity contribution >= 4 is 40.8 Å². The minimum atomic E-state index is -0.467. The van der Waals surface area contributed by atoms with Gasteiger partial charge in [0.05, 0.1) is 36.0 Å². The summed E-state index contributed by atoms with van der Waals surface area (Å²) in [5.74, 6) is 1.13. The van der Waals surface area contributed by atoms with Gasteiger partial charge in [-0.05, 0) is 65.4 Å². The molecule has 10 heteroatoms. The Bertz CT molecular complexity index is 1230. The molecule has 0 unspecified atom stereocenters. The van der Waals surface area contributed by atoms with Crippen LogP contribution in [0.25, 0.3) is 6.08 Å². The molecule has 1 aliphatic heterocycles. The number of amidine groups is 1. The van der Waals surface area contributed by atoms with E-state index in [1.807, 2.05) is 24.3 Å². The average Bonchev–Trinajstić information content (AvgIpc) is 3.44. The zero-order chi connectivity index (χ0) is 23.2. The normalized spacial score (nSPS) is 16.3. The van der Waals surface area contributed by atoms with E-state index < -0.39 is 4.92 Å². The van der Waals surface area contributed by atoms with Gasteiger partial charge in [0.25, 0.3) is 11.6 Å². The lowest BCUT2D eigenvalue weighted by Gasteiger charge is -2.12. The second kappa shape index (κ2) is 9.96. The van der Waals surface area contributed by atoms with Crippen LogP contribution in [0.15, 0.2) is 86.5 Å². The second-order valence-electron chi connectivity index (χ2n) is 6.83. The van der Waals surface area contributed by atoms with Crippen molar-refractivity contribution < 1.29 is 18.9 Å². The van der Waals surface area contributed by atoms with Gasteiger partial charge in [-0.2, -0.15) is 5.10 Å². The third-order valence-corrected chi connectivity index (χ3v) is 5.65. The van der Waals surface area contributed by atoms with Crippen LogP contribution in [0, 0.1) is 10.1 Å². The molecule has 3 aromatic rings. The highest BCUT2D eigenvalue weighted by Gasteiger charge is 2.34. The maximum atomic E-state index is 13.1. The van der Waals surface area contributed by atoms with Crippen LogP contribution >= 0.6 is 11.8 Å². The molecule has 9 nitrogen and oxygen atoms in total. The average molecular weight is 462 g/mol. The number of non-ortho nitro benzene ring substituents is 1. The molecule has 2 aromatic carbocycles. The zero-order valence-corrected chi connectivity index (χ0v) is 18.3. The summed E-state index contributed by atoms with van der Waals surface area (Å²) in [6, 6.07) is 16.8. The SMILES string of the molecule is COc1ccc(/C=C2\S/C(=N/N=C\c3ccc([N+](=O)[O-])cc3)N(Cc3ccco3)C2=O)cc1. The molecular weight excluding hydrogens is 444 g/mol. The molecule has 166 valence electrons. The Morgan fingerprint density at radius 3 is 2.48 bits per heavy atom. The third kappa shape index (κ3) is 5.36. The third-order valence-electron chi connectivity index (χ3n) is 4.65. The highest BCUT2D eigenvalue weighted by molar-refractivity contribution is 8.18. The Kier molecular flexibility index (Phi) is 6.65. The van der Waals surface area contributed by atoms with E-state index in [1.165, 1.54) is 35.0 Å². The van der Waals surface area contributed by atoms with Crippen molar-refractivity contribution in [2.75, 3.05) is 7.11 Å². The summed E-state index contributed by atoms with van der Waals surface area (Å²) in [7, 11) is 1.59. The summed E-state index contributed by atoms with van der Waals surface area (Å²) in [6.45, 7) is 0.213. The molecule has 0 aliphatic carbocycles. The first-order chi connectivity index (χ1) is 16.0. The number of carbonyl (C=O) groups is 1. The fraction of sp³-hybridized carbons (Fsp3) is 0.0870. The Morgan fingerprint density at radius 1 is 1.12 bits per heavy atom. The molecule has 1 amide bonds. The van der Waals surface area contributed by atoms with E-state index >= 15 is 0 Å². The summed E-state index contributed by atoms with van der Waals surface area (Å²) < 4.78 is 10.6. The molecule has 1 aromatic heterocycles. The predicted molar refractivity (Wildman–Crippen MR) is 126 cm³/mol. The molecule has 1 fully saturated rings. The first-order valence-electron chi connectivity index (χ1n) is 9.77. The van der Waals surface area contributed by atoms with E-state index in [-0.39, 0.29) is 18.1 Å². The Morgan fingerprint density at radius 2 is 1.85 bits per heavy atom. The van der Waals surface area contributed by atoms with Gasteiger partial charge in [-0.15, -0.1) is 5.10 Å². The van der Waals surface area contributed by atoms with E-state index in [2.05, 4.69) is 10.2 Å². The van der Waals surface area contributed by atoms with Crippen LogP contribution in [0.5, 0.6) is 5.75 Å². The van der Waals surface area contributed by atoms with Gasteiger partial charge >= 0.3 is 0 Å². The van der Waals surface area contributed by atoms with E-state index in [4.69, 9.17) is 9.15 Å². The highest BCUT2D eigenvalue weighted by Crippen LogP contribution is 2.34. The predicted octanol–water partition coefficient (Wildman–Crippen LogP) is 4.70. The Hall–Kier alpha value is -4.18. The van der Waals surface area contributed by atoms with Gasteiger partial charge in [0.15, 0.2) is 5.17 Å². The van der Waals surface area contributed by atoms with Crippen molar-refractivity contribution in [2.24, 2.45) is 10.2 Å². The number of methoxy groups -OCH3 is 1. The van der Waals surface area contributed by atoms with E-state index in [0.29, 0.717) is 21.4 Å². The fourth-order valence-electron chi connectivity index (χ4n) is 2.96. The maximum Gasteiger partial charge on any atom is 0.269 e. The van der Waals surface area contributed by atoms with Crippen LogP contribution < -0.4 is 4.74 Å². The van der Waals surface area contributed by atoms with Crippen LogP contribution in [-0.2, 0) is 11.3 Å². The standard InChI is InChI=1S/C23H18N4O5S/c1-31-19-10-6-16(7-11-19)13-21-22(28)26(15-20-3-2-12-32-20)23(33-21)25-24-14-17-4-8-18(9-5-17)27(29)30/h2-14H,15H2,1H3/b21-13-,24-14-,25-23+. The fourth-order valence-corrected chi connectivity index (χ4v) is 3.89. The Labute approximate surface area is 193 Å². The number of furan rings is 1. The number of nitrogens with zero attached hydrogens (tertiary/aromatic N) is 4. The number of ether oxygens (including phenoxy) is 1. The van der Waals surface area contributed by atoms with Gasteiger partial charge in [0.1, 0.15) is 11.5 Å². The summed E-state index contributed by atoms with van der Waals surface area (Å²) in [6.07, 6.45) is 4.79. The van der Waals surface area contributed by atoms with Crippen molar-refractivity contribution in [2.45, 2.75) is 6.54 Å². The summed E-state index contributed by atoms with van der Waals surface area (Å²) >= 11 is 1.21. The monoisotopic (exact) mass is 462 g/mol. The molecule has 2 heterocycles. The Balaban J connectivity index is 1.58. The number of benzene rings is 2. The molecule has 0 bridgehead atoms. The lowest BCUT2D eigenvalue weighted by molar-refractivity contribution is -0.384. The molecule has 0 N–H and O–H groups in total. The van der Waals surface area contributed by atoms with Gasteiger partial charge in [0.2, 0.25) is 0 Å². The molecule has 0 saturated carbocycles. The van der Waals surface area contributed by atoms with Gasteiger partial charge < -0.3 is 9.15 Å². The smallest absolute Gasteiger partial charge is 0.269 e. The topological polar surface area (TPSA) is 111 Å². The van der Waals surface area contributed by atoms with Crippen LogP contribution in [0.1, 0.15) is 16.9 Å². The quantitative estimate of drug-likeness (QED) is 0.218. The van der Waals surface area contributed by atoms with Crippen molar-refractivity contribution in [3.63, 3.8) is 0 Å². The summed E-state index contributed by atoms with van der Waals surface area (Å²) in [4.78, 5) is 25.4. The molecule has 0 radical (unpaired) electrons. The number of hydrogen-bond donors (Lipinski definition) is 0. The van der Waals surface area contributed by atoms with Crippen molar-refractivity contribution in [1.82, 2.24) is 4.90 Å². The number of thioether (sulfide) groups is 1. The van der Waals surface area contributed by atoms with E-state index in [1.54, 1.807) is 43.7 Å². The second-order valence-corrected chi connectivity index (χ2v) is 7.84. The largest absolute Gasteiger partial charge is 0.497 e. The minimum absolute atomic E-state index is 0.00616. The summed E-state index contributed by atoms with van der Waals surface area (Å²) in [5.41, 5.74) is 1.49. The van der Waals surface area contributed by atoms with Crippen molar-refractivity contribution in [3.8, 4) is 5.75 Å².